The van der Waals surface area contributed by atoms with Crippen molar-refractivity contribution in [1.82, 2.24) is 10.3 Å². The van der Waals surface area contributed by atoms with Crippen LogP contribution in [0.15, 0.2) is 0 Å². The molecule has 1 saturated heterocycles. The Hall–Kier alpha value is -0.690. The summed E-state index contributed by atoms with van der Waals surface area (Å²) in [6.45, 7) is 4.48. The monoisotopic (exact) mass is 299 g/mol. The van der Waals surface area contributed by atoms with E-state index >= 15 is 0 Å². The lowest BCUT2D eigenvalue weighted by Gasteiger charge is -2.31. The second kappa shape index (κ2) is 7.93. The lowest BCUT2D eigenvalue weighted by atomic mass is 9.98. The molecule has 0 spiro atoms. The van der Waals surface area contributed by atoms with Crippen molar-refractivity contribution in [2.24, 2.45) is 5.92 Å². The molecule has 0 saturated carbocycles. The highest BCUT2D eigenvalue weighted by Gasteiger charge is 2.22. The van der Waals surface area contributed by atoms with Crippen molar-refractivity contribution in [3.63, 3.8) is 0 Å². The minimum Gasteiger partial charge on any atom is -0.384 e. The molecule has 20 heavy (non-hydrogen) atoms. The topological polar surface area (TPSA) is 46.6 Å². The highest BCUT2D eigenvalue weighted by atomic mass is 32.1. The number of hydrogen-bond acceptors (Lipinski definition) is 6. The normalized spacial score (nSPS) is 16.9. The lowest BCUT2D eigenvalue weighted by molar-refractivity contribution is 0.139. The summed E-state index contributed by atoms with van der Waals surface area (Å²) in [5.41, 5.74) is 1.07. The Morgan fingerprint density at radius 2 is 2.05 bits per heavy atom. The van der Waals surface area contributed by atoms with Crippen molar-refractivity contribution >= 4 is 16.5 Å². The Balaban J connectivity index is 2.00. The van der Waals surface area contributed by atoms with Crippen molar-refractivity contribution in [2.75, 3.05) is 45.9 Å². The van der Waals surface area contributed by atoms with Crippen molar-refractivity contribution in [3.8, 4) is 0 Å². The lowest BCUT2D eigenvalue weighted by Crippen LogP contribution is -2.34. The molecule has 114 valence electrons. The summed E-state index contributed by atoms with van der Waals surface area (Å²) in [5, 5.41) is 4.34. The van der Waals surface area contributed by atoms with E-state index in [0.29, 0.717) is 12.5 Å². The molecule has 5 nitrogen and oxygen atoms in total. The van der Waals surface area contributed by atoms with Gasteiger partial charge in [0.05, 0.1) is 12.3 Å². The molecule has 6 heteroatoms. The summed E-state index contributed by atoms with van der Waals surface area (Å²) in [6.07, 6.45) is 2.38. The van der Waals surface area contributed by atoms with Crippen LogP contribution in [0.1, 0.15) is 23.4 Å². The third kappa shape index (κ3) is 3.91. The summed E-state index contributed by atoms with van der Waals surface area (Å²) >= 11 is 1.79. The molecular formula is C14H25N3O2S. The van der Waals surface area contributed by atoms with E-state index in [2.05, 4.69) is 10.2 Å². The number of anilines is 1. The molecule has 1 aliphatic heterocycles. The number of nitrogens with one attached hydrogen (secondary N) is 1. The summed E-state index contributed by atoms with van der Waals surface area (Å²) in [6, 6.07) is 0. The van der Waals surface area contributed by atoms with Crippen molar-refractivity contribution in [3.05, 3.63) is 10.6 Å². The first-order chi connectivity index (χ1) is 9.78. The molecule has 0 radical (unpaired) electrons. The van der Waals surface area contributed by atoms with Gasteiger partial charge in [-0.1, -0.05) is 0 Å². The van der Waals surface area contributed by atoms with E-state index in [1.807, 2.05) is 7.05 Å². The molecule has 0 bridgehead atoms. The molecule has 0 amide bonds. The van der Waals surface area contributed by atoms with E-state index in [9.17, 15) is 0 Å². The summed E-state index contributed by atoms with van der Waals surface area (Å²) in [5.74, 6) is 0.700. The number of methoxy groups -OCH3 is 2. The predicted octanol–water partition coefficient (Wildman–Crippen LogP) is 1.87. The maximum Gasteiger partial charge on any atom is 0.185 e. The van der Waals surface area contributed by atoms with Gasteiger partial charge in [-0.05, 0) is 25.8 Å². The predicted molar refractivity (Wildman–Crippen MR) is 82.4 cm³/mol. The average Bonchev–Trinajstić information content (AvgIpc) is 2.84. The van der Waals surface area contributed by atoms with Crippen LogP contribution in [-0.4, -0.2) is 45.9 Å². The molecule has 2 rings (SSSR count). The molecule has 0 atom stereocenters. The number of nitrogens with zero attached hydrogens (tertiary/aromatic N) is 2. The minimum atomic E-state index is 0.591. The Morgan fingerprint density at radius 3 is 2.65 bits per heavy atom. The Bertz CT molecular complexity index is 380. The van der Waals surface area contributed by atoms with Gasteiger partial charge in [-0.25, -0.2) is 4.98 Å². The molecule has 1 fully saturated rings. The van der Waals surface area contributed by atoms with Gasteiger partial charge in [0.15, 0.2) is 5.13 Å². The maximum atomic E-state index is 5.25. The second-order valence-corrected chi connectivity index (χ2v) is 6.28. The standard InChI is InChI=1S/C14H25N3O2S/c1-15-8-13-12(10-19-3)16-14(20-13)17-6-4-11(5-7-17)9-18-2/h11,15H,4-10H2,1-3H3. The zero-order valence-electron chi connectivity index (χ0n) is 12.6. The van der Waals surface area contributed by atoms with Crippen LogP contribution in [0.5, 0.6) is 0 Å². The van der Waals surface area contributed by atoms with Gasteiger partial charge in [0, 0.05) is 45.3 Å². The highest BCUT2D eigenvalue weighted by molar-refractivity contribution is 7.15. The smallest absolute Gasteiger partial charge is 0.185 e. The first-order valence-corrected chi connectivity index (χ1v) is 7.96. The maximum absolute atomic E-state index is 5.25. The molecule has 1 aromatic heterocycles. The van der Waals surface area contributed by atoms with Gasteiger partial charge in [-0.15, -0.1) is 11.3 Å². The Kier molecular flexibility index (Phi) is 6.22. The summed E-state index contributed by atoms with van der Waals surface area (Å²) < 4.78 is 10.5. The average molecular weight is 299 g/mol. The minimum absolute atomic E-state index is 0.591. The van der Waals surface area contributed by atoms with Gasteiger partial charge in [0.1, 0.15) is 0 Å². The van der Waals surface area contributed by atoms with Crippen molar-refractivity contribution < 1.29 is 9.47 Å². The number of hydrogen-bond donors (Lipinski definition) is 1. The van der Waals surface area contributed by atoms with E-state index < -0.39 is 0 Å². The van der Waals surface area contributed by atoms with Gasteiger partial charge in [-0.3, -0.25) is 0 Å². The molecule has 1 aromatic rings. The van der Waals surface area contributed by atoms with Gasteiger partial charge in [-0.2, -0.15) is 0 Å². The molecule has 2 heterocycles. The van der Waals surface area contributed by atoms with E-state index in [0.717, 1.165) is 37.1 Å². The van der Waals surface area contributed by atoms with E-state index in [1.165, 1.54) is 17.7 Å². The van der Waals surface area contributed by atoms with Crippen LogP contribution in [0, 0.1) is 5.92 Å². The molecular weight excluding hydrogens is 274 g/mol. The van der Waals surface area contributed by atoms with E-state index in [1.54, 1.807) is 25.6 Å². The first-order valence-electron chi connectivity index (χ1n) is 7.14. The number of ether oxygens (including phenoxy) is 2. The van der Waals surface area contributed by atoms with Gasteiger partial charge < -0.3 is 19.7 Å². The van der Waals surface area contributed by atoms with Gasteiger partial charge >= 0.3 is 0 Å². The molecule has 1 aliphatic rings. The van der Waals surface area contributed by atoms with Crippen LogP contribution in [0.3, 0.4) is 0 Å². The van der Waals surface area contributed by atoms with E-state index in [-0.39, 0.29) is 0 Å². The zero-order valence-corrected chi connectivity index (χ0v) is 13.5. The number of piperidine rings is 1. The number of thiazole rings is 1. The van der Waals surface area contributed by atoms with Crippen molar-refractivity contribution in [1.29, 1.82) is 0 Å². The largest absolute Gasteiger partial charge is 0.384 e. The van der Waals surface area contributed by atoms with Crippen LogP contribution < -0.4 is 10.2 Å². The molecule has 0 aliphatic carbocycles. The van der Waals surface area contributed by atoms with E-state index in [4.69, 9.17) is 14.5 Å². The quantitative estimate of drug-likeness (QED) is 0.833. The molecule has 1 N–H and O–H groups in total. The summed E-state index contributed by atoms with van der Waals surface area (Å²) in [7, 11) is 5.47. The SMILES string of the molecule is CNCc1sc(N2CCC(COC)CC2)nc1COC. The Labute approximate surface area is 125 Å². The van der Waals surface area contributed by atoms with Crippen LogP contribution in [0.2, 0.25) is 0 Å². The zero-order chi connectivity index (χ0) is 14.4. The number of rotatable bonds is 7. The molecule has 0 aromatic carbocycles. The van der Waals surface area contributed by atoms with Crippen LogP contribution in [0.25, 0.3) is 0 Å². The van der Waals surface area contributed by atoms with Crippen LogP contribution in [-0.2, 0) is 22.6 Å². The fraction of sp³-hybridized carbons (Fsp3) is 0.786. The van der Waals surface area contributed by atoms with Gasteiger partial charge in [0.2, 0.25) is 0 Å². The second-order valence-electron chi connectivity index (χ2n) is 5.22. The van der Waals surface area contributed by atoms with Crippen molar-refractivity contribution in [2.45, 2.75) is 26.0 Å². The molecule has 0 unspecified atom stereocenters. The Morgan fingerprint density at radius 1 is 1.30 bits per heavy atom. The fourth-order valence-electron chi connectivity index (χ4n) is 2.58. The van der Waals surface area contributed by atoms with Crippen LogP contribution >= 0.6 is 11.3 Å². The summed E-state index contributed by atoms with van der Waals surface area (Å²) in [4.78, 5) is 8.44. The number of aromatic nitrogens is 1. The van der Waals surface area contributed by atoms with Crippen LogP contribution in [0.4, 0.5) is 5.13 Å². The highest BCUT2D eigenvalue weighted by Crippen LogP contribution is 2.30. The third-order valence-corrected chi connectivity index (χ3v) is 4.83. The first kappa shape index (κ1) is 15.7. The third-order valence-electron chi connectivity index (χ3n) is 3.67. The van der Waals surface area contributed by atoms with Gasteiger partial charge in [0.25, 0.3) is 0 Å². The fourth-order valence-corrected chi connectivity index (χ4v) is 3.71.